The Balaban J connectivity index is 1.67. The molecule has 136 valence electrons. The fraction of sp³-hybridized carbons (Fsp3) is 0.350. The van der Waals surface area contributed by atoms with Crippen molar-refractivity contribution >= 4 is 23.7 Å². The van der Waals surface area contributed by atoms with Crippen LogP contribution in [0.2, 0.25) is 0 Å². The number of nitrogens with one attached hydrogen (secondary N) is 1. The fourth-order valence-electron chi connectivity index (χ4n) is 3.45. The van der Waals surface area contributed by atoms with Gasteiger partial charge < -0.3 is 16.2 Å². The van der Waals surface area contributed by atoms with Gasteiger partial charge in [0.25, 0.3) is 0 Å². The van der Waals surface area contributed by atoms with E-state index in [1.165, 1.54) is 5.56 Å². The molecule has 1 aromatic rings. The first-order valence-electron chi connectivity index (χ1n) is 8.71. The third-order valence-corrected chi connectivity index (χ3v) is 4.87. The zero-order chi connectivity index (χ0) is 18.7. The van der Waals surface area contributed by atoms with Crippen molar-refractivity contribution in [1.29, 1.82) is 0 Å². The van der Waals surface area contributed by atoms with Gasteiger partial charge in [-0.2, -0.15) is 0 Å². The molecule has 0 spiro atoms. The number of amides is 1. The predicted molar refractivity (Wildman–Crippen MR) is 101 cm³/mol. The smallest absolute Gasteiger partial charge is 0.326 e. The quantitative estimate of drug-likeness (QED) is 0.698. The molecule has 6 heteroatoms. The lowest BCUT2D eigenvalue weighted by molar-refractivity contribution is -0.141. The first-order valence-corrected chi connectivity index (χ1v) is 8.71. The van der Waals surface area contributed by atoms with Gasteiger partial charge in [0.2, 0.25) is 5.91 Å². The number of nitrogens with two attached hydrogens (primary N) is 1. The first-order chi connectivity index (χ1) is 12.5. The summed E-state index contributed by atoms with van der Waals surface area (Å²) in [5.74, 6) is -1.51. The van der Waals surface area contributed by atoms with Crippen molar-refractivity contribution in [2.24, 2.45) is 10.7 Å². The number of rotatable bonds is 7. The second-order valence-corrected chi connectivity index (χ2v) is 6.83. The Bertz CT molecular complexity index is 823. The molecule has 0 aromatic heterocycles. The second-order valence-electron chi connectivity index (χ2n) is 6.83. The molecule has 3 rings (SSSR count). The number of carboxylic acid groups (broad SMARTS) is 1. The molecule has 0 saturated carbocycles. The van der Waals surface area contributed by atoms with Crippen LogP contribution in [-0.2, 0) is 16.0 Å². The molecule has 26 heavy (non-hydrogen) atoms. The van der Waals surface area contributed by atoms with Gasteiger partial charge in [0.05, 0.1) is 6.04 Å². The van der Waals surface area contributed by atoms with Gasteiger partial charge >= 0.3 is 5.97 Å². The van der Waals surface area contributed by atoms with E-state index in [1.54, 1.807) is 12.4 Å². The van der Waals surface area contributed by atoms with E-state index < -0.39 is 24.0 Å². The van der Waals surface area contributed by atoms with Crippen molar-refractivity contribution in [2.75, 3.05) is 0 Å². The van der Waals surface area contributed by atoms with Crippen LogP contribution in [-0.4, -0.2) is 35.3 Å². The van der Waals surface area contributed by atoms with Gasteiger partial charge in [0, 0.05) is 25.3 Å². The minimum Gasteiger partial charge on any atom is -0.480 e. The summed E-state index contributed by atoms with van der Waals surface area (Å²) in [7, 11) is 0. The zero-order valence-electron chi connectivity index (χ0n) is 14.7. The van der Waals surface area contributed by atoms with Gasteiger partial charge in [-0.3, -0.25) is 9.79 Å². The third-order valence-electron chi connectivity index (χ3n) is 4.87. The molecule has 4 N–H and O–H groups in total. The summed E-state index contributed by atoms with van der Waals surface area (Å²) in [6, 6.07) is 6.19. The van der Waals surface area contributed by atoms with Crippen LogP contribution in [0.1, 0.15) is 37.3 Å². The number of hydrogen-bond donors (Lipinski definition) is 3. The summed E-state index contributed by atoms with van der Waals surface area (Å²) < 4.78 is 0. The Morgan fingerprint density at radius 1 is 1.31 bits per heavy atom. The second kappa shape index (κ2) is 7.66. The highest BCUT2D eigenvalue weighted by Gasteiger charge is 2.28. The number of carbonyl (C=O) groups is 2. The summed E-state index contributed by atoms with van der Waals surface area (Å²) >= 11 is 0. The molecular weight excluding hydrogens is 330 g/mol. The van der Waals surface area contributed by atoms with Crippen LogP contribution in [0.15, 0.2) is 46.6 Å². The monoisotopic (exact) mass is 353 g/mol. The molecule has 0 unspecified atom stereocenters. The summed E-state index contributed by atoms with van der Waals surface area (Å²) in [4.78, 5) is 28.1. The van der Waals surface area contributed by atoms with Gasteiger partial charge in [0.15, 0.2) is 0 Å². The highest BCUT2D eigenvalue weighted by atomic mass is 16.4. The van der Waals surface area contributed by atoms with E-state index in [0.29, 0.717) is 12.8 Å². The van der Waals surface area contributed by atoms with Crippen molar-refractivity contribution in [3.63, 3.8) is 0 Å². The van der Waals surface area contributed by atoms with Crippen molar-refractivity contribution < 1.29 is 14.7 Å². The molecule has 1 amide bonds. The van der Waals surface area contributed by atoms with Crippen molar-refractivity contribution in [2.45, 2.75) is 44.7 Å². The van der Waals surface area contributed by atoms with Crippen LogP contribution >= 0.6 is 0 Å². The lowest BCUT2D eigenvalue weighted by atomic mass is 9.97. The third kappa shape index (κ3) is 3.91. The van der Waals surface area contributed by atoms with Gasteiger partial charge in [-0.15, -0.1) is 0 Å². The normalized spacial score (nSPS) is 17.7. The summed E-state index contributed by atoms with van der Waals surface area (Å²) in [5, 5.41) is 12.2. The lowest BCUT2D eigenvalue weighted by Crippen LogP contribution is -2.48. The molecule has 6 nitrogen and oxygen atoms in total. The van der Waals surface area contributed by atoms with E-state index in [1.807, 2.05) is 31.2 Å². The molecule has 2 aliphatic rings. The topological polar surface area (TPSA) is 105 Å². The van der Waals surface area contributed by atoms with Crippen molar-refractivity contribution in [3.8, 4) is 0 Å². The number of fused-ring (bicyclic) bond motifs is 1. The Kier molecular flexibility index (Phi) is 5.32. The first kappa shape index (κ1) is 18.1. The number of aliphatic imine (C=N–C) groups is 1. The van der Waals surface area contributed by atoms with Crippen LogP contribution in [0.4, 0.5) is 0 Å². The van der Waals surface area contributed by atoms with Crippen molar-refractivity contribution in [3.05, 3.63) is 52.7 Å². The maximum atomic E-state index is 12.4. The van der Waals surface area contributed by atoms with Gasteiger partial charge in [-0.25, -0.2) is 4.79 Å². The van der Waals surface area contributed by atoms with Gasteiger partial charge in [-0.05, 0) is 42.0 Å². The van der Waals surface area contributed by atoms with E-state index in [0.717, 1.165) is 28.7 Å². The average molecular weight is 353 g/mol. The highest BCUT2D eigenvalue weighted by Crippen LogP contribution is 2.35. The minimum atomic E-state index is -1.06. The number of carboxylic acids is 1. The Morgan fingerprint density at radius 2 is 2.08 bits per heavy atom. The maximum absolute atomic E-state index is 12.4. The lowest BCUT2D eigenvalue weighted by Gasteiger charge is -2.19. The molecule has 0 saturated heterocycles. The van der Waals surface area contributed by atoms with Crippen LogP contribution in [0.5, 0.6) is 0 Å². The molecule has 0 fully saturated rings. The van der Waals surface area contributed by atoms with E-state index >= 15 is 0 Å². The zero-order valence-corrected chi connectivity index (χ0v) is 14.7. The Hall–Kier alpha value is -2.73. The van der Waals surface area contributed by atoms with E-state index in [4.69, 9.17) is 5.73 Å². The van der Waals surface area contributed by atoms with Gasteiger partial charge in [0.1, 0.15) is 6.04 Å². The summed E-state index contributed by atoms with van der Waals surface area (Å²) in [6.07, 6.45) is 5.59. The number of nitrogens with zero attached hydrogens (tertiary/aromatic N) is 1. The number of aliphatic carboxylic acids is 1. The fourth-order valence-corrected chi connectivity index (χ4v) is 3.45. The highest BCUT2D eigenvalue weighted by molar-refractivity contribution is 5.89. The molecule has 1 aromatic carbocycles. The molecule has 0 bridgehead atoms. The molecular formula is C20H23N3O3. The summed E-state index contributed by atoms with van der Waals surface area (Å²) in [6.45, 7) is 2.01. The molecule has 2 atom stereocenters. The van der Waals surface area contributed by atoms with Crippen LogP contribution in [0, 0.1) is 0 Å². The molecule has 1 aliphatic heterocycles. The van der Waals surface area contributed by atoms with E-state index in [9.17, 15) is 14.7 Å². The average Bonchev–Trinajstić information content (AvgIpc) is 3.22. The largest absolute Gasteiger partial charge is 0.480 e. The maximum Gasteiger partial charge on any atom is 0.326 e. The predicted octanol–water partition coefficient (Wildman–Crippen LogP) is 2.05. The van der Waals surface area contributed by atoms with Crippen LogP contribution < -0.4 is 11.1 Å². The van der Waals surface area contributed by atoms with Crippen LogP contribution in [0.3, 0.4) is 0 Å². The number of carbonyl (C=O) groups excluding carboxylic acids is 1. The molecule has 0 radical (unpaired) electrons. The Labute approximate surface area is 152 Å². The SMILES string of the molecule is CC1=C(C[C@H](NC(=O)[C@@H](N)CC2=CN=CC2)C(=O)O)c2ccccc2C1. The van der Waals surface area contributed by atoms with E-state index in [2.05, 4.69) is 10.3 Å². The van der Waals surface area contributed by atoms with Crippen molar-refractivity contribution in [1.82, 2.24) is 5.32 Å². The van der Waals surface area contributed by atoms with Gasteiger partial charge in [-0.1, -0.05) is 29.8 Å². The molecule has 1 aliphatic carbocycles. The number of allylic oxidation sites excluding steroid dienone is 1. The minimum absolute atomic E-state index is 0.252. The van der Waals surface area contributed by atoms with Crippen LogP contribution in [0.25, 0.3) is 5.57 Å². The standard InChI is InChI=1S/C20H23N3O3/c1-12-8-14-4-2-3-5-15(14)16(12)10-18(20(25)26)23-19(24)17(21)9-13-6-7-22-11-13/h2-5,7,11,17-18H,6,8-10,21H2,1H3,(H,23,24)(H,25,26)/t17-,18-/m0/s1. The number of benzene rings is 1. The molecule has 1 heterocycles. The Morgan fingerprint density at radius 3 is 2.77 bits per heavy atom. The van der Waals surface area contributed by atoms with E-state index in [-0.39, 0.29) is 6.42 Å². The number of hydrogen-bond acceptors (Lipinski definition) is 4. The summed E-state index contributed by atoms with van der Waals surface area (Å²) in [5.41, 5.74) is 11.3.